The SMILES string of the molecule is CC(=O)N(C)[C@@H]1CN(c2ccc(-c3ccc(NC(c4ccccc4)(c4ccccc4)c4ccccc4)nc3)c(F)c2)C(=O)O1. The second kappa shape index (κ2) is 12.0. The molecule has 1 fully saturated rings. The fourth-order valence-corrected chi connectivity index (χ4v) is 5.57. The van der Waals surface area contributed by atoms with Crippen LogP contribution in [0.2, 0.25) is 0 Å². The van der Waals surface area contributed by atoms with Gasteiger partial charge in [-0.3, -0.25) is 9.69 Å². The molecular formula is C36H31FN4O3. The molecule has 220 valence electrons. The Morgan fingerprint density at radius 3 is 1.93 bits per heavy atom. The molecule has 5 aromatic rings. The number of anilines is 2. The van der Waals surface area contributed by atoms with Crippen molar-refractivity contribution in [2.24, 2.45) is 0 Å². The van der Waals surface area contributed by atoms with Crippen LogP contribution in [-0.2, 0) is 15.1 Å². The van der Waals surface area contributed by atoms with Crippen LogP contribution in [-0.4, -0.2) is 41.7 Å². The molecule has 0 saturated carbocycles. The summed E-state index contributed by atoms with van der Waals surface area (Å²) in [5.41, 5.74) is 3.66. The number of aromatic nitrogens is 1. The average Bonchev–Trinajstić information content (AvgIpc) is 3.46. The number of nitrogens with one attached hydrogen (secondary N) is 1. The number of likely N-dealkylation sites (N-methyl/N-ethyl adjacent to an activating group) is 1. The molecule has 1 atom stereocenters. The zero-order valence-electron chi connectivity index (χ0n) is 24.4. The molecular weight excluding hydrogens is 555 g/mol. The van der Waals surface area contributed by atoms with E-state index in [1.165, 1.54) is 22.8 Å². The third-order valence-electron chi connectivity index (χ3n) is 8.00. The van der Waals surface area contributed by atoms with Gasteiger partial charge < -0.3 is 15.0 Å². The minimum atomic E-state index is -0.746. The fraction of sp³-hybridized carbons (Fsp3) is 0.139. The average molecular weight is 587 g/mol. The van der Waals surface area contributed by atoms with E-state index in [9.17, 15) is 9.59 Å². The smallest absolute Gasteiger partial charge is 0.416 e. The van der Waals surface area contributed by atoms with Crippen LogP contribution >= 0.6 is 0 Å². The Kier molecular flexibility index (Phi) is 7.81. The first-order chi connectivity index (χ1) is 21.4. The monoisotopic (exact) mass is 586 g/mol. The molecule has 8 heteroatoms. The highest BCUT2D eigenvalue weighted by atomic mass is 19.1. The summed E-state index contributed by atoms with van der Waals surface area (Å²) < 4.78 is 20.8. The lowest BCUT2D eigenvalue weighted by Crippen LogP contribution is -2.38. The first-order valence-corrected chi connectivity index (χ1v) is 14.3. The number of carbonyl (C=O) groups excluding carboxylic acids is 2. The molecule has 1 saturated heterocycles. The number of rotatable bonds is 8. The number of pyridine rings is 1. The van der Waals surface area contributed by atoms with Gasteiger partial charge in [-0.1, -0.05) is 91.0 Å². The van der Waals surface area contributed by atoms with E-state index in [4.69, 9.17) is 9.72 Å². The zero-order chi connectivity index (χ0) is 30.7. The van der Waals surface area contributed by atoms with Gasteiger partial charge in [0.2, 0.25) is 5.91 Å². The van der Waals surface area contributed by atoms with E-state index in [2.05, 4.69) is 41.7 Å². The first kappa shape index (κ1) is 28.6. The highest BCUT2D eigenvalue weighted by molar-refractivity contribution is 5.90. The van der Waals surface area contributed by atoms with Crippen molar-refractivity contribution in [2.45, 2.75) is 18.7 Å². The van der Waals surface area contributed by atoms with Gasteiger partial charge in [-0.25, -0.2) is 14.2 Å². The van der Waals surface area contributed by atoms with Crippen LogP contribution < -0.4 is 10.2 Å². The van der Waals surface area contributed by atoms with Gasteiger partial charge in [0.1, 0.15) is 17.2 Å². The van der Waals surface area contributed by atoms with Crippen molar-refractivity contribution in [3.05, 3.63) is 150 Å². The molecule has 6 rings (SSSR count). The van der Waals surface area contributed by atoms with Gasteiger partial charge in [0.15, 0.2) is 6.23 Å². The molecule has 0 bridgehead atoms. The van der Waals surface area contributed by atoms with Crippen LogP contribution in [0.4, 0.5) is 20.7 Å². The van der Waals surface area contributed by atoms with E-state index in [0.29, 0.717) is 22.6 Å². The summed E-state index contributed by atoms with van der Waals surface area (Å²) in [5, 5.41) is 3.72. The van der Waals surface area contributed by atoms with Gasteiger partial charge in [-0.15, -0.1) is 0 Å². The second-order valence-electron chi connectivity index (χ2n) is 10.6. The lowest BCUT2D eigenvalue weighted by molar-refractivity contribution is -0.134. The molecule has 1 aliphatic heterocycles. The van der Waals surface area contributed by atoms with Gasteiger partial charge in [0.25, 0.3) is 0 Å². The number of benzene rings is 4. The summed E-state index contributed by atoms with van der Waals surface area (Å²) in [4.78, 5) is 31.5. The van der Waals surface area contributed by atoms with Gasteiger partial charge in [0, 0.05) is 31.3 Å². The largest absolute Gasteiger partial charge is 0.423 e. The van der Waals surface area contributed by atoms with E-state index in [1.807, 2.05) is 66.7 Å². The summed E-state index contributed by atoms with van der Waals surface area (Å²) in [6.07, 6.45) is 0.265. The number of cyclic esters (lactones) is 1. The molecule has 2 heterocycles. The van der Waals surface area contributed by atoms with E-state index < -0.39 is 23.7 Å². The fourth-order valence-electron chi connectivity index (χ4n) is 5.57. The summed E-state index contributed by atoms with van der Waals surface area (Å²) in [7, 11) is 1.56. The maximum Gasteiger partial charge on any atom is 0.416 e. The maximum absolute atomic E-state index is 15.4. The standard InChI is InChI=1S/C36H31FN4O3/c1-25(42)40(2)34-24-41(35(43)44-34)30-19-20-31(32(37)22-30)26-18-21-33(38-23-26)39-36(27-12-6-3-7-13-27,28-14-8-4-9-15-28)29-16-10-5-11-17-29/h3-23,34H,24H2,1-2H3,(H,38,39)/t34-/m0/s1. The van der Waals surface area contributed by atoms with Gasteiger partial charge in [-0.2, -0.15) is 0 Å². The van der Waals surface area contributed by atoms with Crippen LogP contribution in [0.3, 0.4) is 0 Å². The van der Waals surface area contributed by atoms with Crippen molar-refractivity contribution in [3.8, 4) is 11.1 Å². The Morgan fingerprint density at radius 2 is 1.45 bits per heavy atom. The van der Waals surface area contributed by atoms with Crippen molar-refractivity contribution in [3.63, 3.8) is 0 Å². The number of amides is 2. The molecule has 1 aliphatic rings. The molecule has 1 aromatic heterocycles. The van der Waals surface area contributed by atoms with E-state index in [-0.39, 0.29) is 12.5 Å². The molecule has 1 N–H and O–H groups in total. The highest BCUT2D eigenvalue weighted by Crippen LogP contribution is 2.40. The Morgan fingerprint density at radius 1 is 0.886 bits per heavy atom. The minimum absolute atomic E-state index is 0.113. The predicted octanol–water partition coefficient (Wildman–Crippen LogP) is 7.05. The van der Waals surface area contributed by atoms with Gasteiger partial charge >= 0.3 is 6.09 Å². The maximum atomic E-state index is 15.4. The summed E-state index contributed by atoms with van der Waals surface area (Å²) in [6, 6.07) is 38.9. The third kappa shape index (κ3) is 5.38. The molecule has 0 aliphatic carbocycles. The number of halogens is 1. The quantitative estimate of drug-likeness (QED) is 0.197. The van der Waals surface area contributed by atoms with Gasteiger partial charge in [0.05, 0.1) is 12.2 Å². The molecule has 0 unspecified atom stereocenters. The van der Waals surface area contributed by atoms with E-state index >= 15 is 4.39 Å². The van der Waals surface area contributed by atoms with E-state index in [0.717, 1.165) is 16.7 Å². The Hall–Kier alpha value is -5.50. The zero-order valence-corrected chi connectivity index (χ0v) is 24.4. The Bertz CT molecular complexity index is 1670. The number of nitrogens with zero attached hydrogens (tertiary/aromatic N) is 3. The molecule has 0 radical (unpaired) electrons. The Labute approximate surface area is 255 Å². The molecule has 4 aromatic carbocycles. The van der Waals surface area contributed by atoms with Crippen molar-refractivity contribution < 1.29 is 18.7 Å². The van der Waals surface area contributed by atoms with Crippen LogP contribution in [0.15, 0.2) is 128 Å². The van der Waals surface area contributed by atoms with Crippen LogP contribution in [0.25, 0.3) is 11.1 Å². The highest BCUT2D eigenvalue weighted by Gasteiger charge is 2.37. The summed E-state index contributed by atoms with van der Waals surface area (Å²) in [6.45, 7) is 1.51. The van der Waals surface area contributed by atoms with Crippen LogP contribution in [0.5, 0.6) is 0 Å². The molecule has 44 heavy (non-hydrogen) atoms. The first-order valence-electron chi connectivity index (χ1n) is 14.3. The summed E-state index contributed by atoms with van der Waals surface area (Å²) >= 11 is 0. The number of hydrogen-bond donors (Lipinski definition) is 1. The van der Waals surface area contributed by atoms with Crippen LogP contribution in [0, 0.1) is 5.82 Å². The van der Waals surface area contributed by atoms with Crippen molar-refractivity contribution in [2.75, 3.05) is 23.8 Å². The van der Waals surface area contributed by atoms with Crippen molar-refractivity contribution >= 4 is 23.5 Å². The molecule has 2 amide bonds. The predicted molar refractivity (Wildman–Crippen MR) is 169 cm³/mol. The van der Waals surface area contributed by atoms with Crippen LogP contribution in [0.1, 0.15) is 23.6 Å². The minimum Gasteiger partial charge on any atom is -0.423 e. The van der Waals surface area contributed by atoms with E-state index in [1.54, 1.807) is 25.4 Å². The molecule has 7 nitrogen and oxygen atoms in total. The number of carbonyl (C=O) groups is 2. The third-order valence-corrected chi connectivity index (χ3v) is 8.00. The number of hydrogen-bond acceptors (Lipinski definition) is 5. The number of ether oxygens (including phenoxy) is 1. The topological polar surface area (TPSA) is 74.8 Å². The Balaban J connectivity index is 1.31. The molecule has 0 spiro atoms. The van der Waals surface area contributed by atoms with Crippen molar-refractivity contribution in [1.82, 2.24) is 9.88 Å². The van der Waals surface area contributed by atoms with Crippen molar-refractivity contribution in [1.29, 1.82) is 0 Å². The lowest BCUT2D eigenvalue weighted by atomic mass is 9.77. The summed E-state index contributed by atoms with van der Waals surface area (Å²) in [5.74, 6) is -0.124. The lowest BCUT2D eigenvalue weighted by Gasteiger charge is -2.37. The van der Waals surface area contributed by atoms with Gasteiger partial charge in [-0.05, 0) is 47.0 Å². The second-order valence-corrected chi connectivity index (χ2v) is 10.6. The normalized spacial score (nSPS) is 14.7.